The molecular weight excluding hydrogens is 471 g/mol. The molecule has 0 radical (unpaired) electrons. The number of aryl methyl sites for hydroxylation is 2. The standard InChI is InChI=1S/C23H24F3N3O2S2/c1-29(12-14-6-8-15(9-7-14)23(24,25)26)19(30)10-11-32-13-18-27-21(31)20-16-4-2-3-5-17(16)33-22(20)28-18/h6-9H,2-5,10-13H2,1H3,(H,27,28,31). The van der Waals surface area contributed by atoms with Crippen molar-refractivity contribution < 1.29 is 18.0 Å². The van der Waals surface area contributed by atoms with Gasteiger partial charge in [0.2, 0.25) is 5.91 Å². The van der Waals surface area contributed by atoms with E-state index >= 15 is 0 Å². The first-order valence-electron chi connectivity index (χ1n) is 10.7. The van der Waals surface area contributed by atoms with E-state index in [1.54, 1.807) is 18.4 Å². The van der Waals surface area contributed by atoms with E-state index in [0.29, 0.717) is 29.3 Å². The van der Waals surface area contributed by atoms with Gasteiger partial charge < -0.3 is 9.88 Å². The molecule has 10 heteroatoms. The average molecular weight is 496 g/mol. The van der Waals surface area contributed by atoms with E-state index in [0.717, 1.165) is 53.6 Å². The van der Waals surface area contributed by atoms with Crippen molar-refractivity contribution in [3.8, 4) is 0 Å². The number of aromatic amines is 1. The van der Waals surface area contributed by atoms with Gasteiger partial charge >= 0.3 is 6.18 Å². The Labute approximate surface area is 197 Å². The van der Waals surface area contributed by atoms with Crippen molar-refractivity contribution >= 4 is 39.2 Å². The highest BCUT2D eigenvalue weighted by atomic mass is 32.2. The summed E-state index contributed by atoms with van der Waals surface area (Å²) in [5.41, 5.74) is 1.02. The summed E-state index contributed by atoms with van der Waals surface area (Å²) in [5, 5.41) is 0.739. The number of nitrogens with one attached hydrogen (secondary N) is 1. The van der Waals surface area contributed by atoms with Gasteiger partial charge in [-0.05, 0) is 48.9 Å². The van der Waals surface area contributed by atoms with Crippen LogP contribution in [0.3, 0.4) is 0 Å². The van der Waals surface area contributed by atoms with Gasteiger partial charge in [0.05, 0.1) is 16.7 Å². The highest BCUT2D eigenvalue weighted by Crippen LogP contribution is 2.33. The molecule has 0 fully saturated rings. The quantitative estimate of drug-likeness (QED) is 0.460. The van der Waals surface area contributed by atoms with Crippen LogP contribution in [0.15, 0.2) is 29.1 Å². The molecule has 1 aliphatic rings. The fourth-order valence-electron chi connectivity index (χ4n) is 3.96. The summed E-state index contributed by atoms with van der Waals surface area (Å²) in [4.78, 5) is 36.1. The van der Waals surface area contributed by atoms with Crippen LogP contribution in [-0.4, -0.2) is 33.6 Å². The Hall–Kier alpha value is -2.33. The van der Waals surface area contributed by atoms with Crippen LogP contribution in [0.5, 0.6) is 0 Å². The molecule has 0 bridgehead atoms. The predicted octanol–water partition coefficient (Wildman–Crippen LogP) is 5.16. The number of fused-ring (bicyclic) bond motifs is 3. The van der Waals surface area contributed by atoms with Crippen molar-refractivity contribution in [3.63, 3.8) is 0 Å². The maximum absolute atomic E-state index is 12.7. The summed E-state index contributed by atoms with van der Waals surface area (Å²) in [5.74, 6) is 1.58. The fourth-order valence-corrected chi connectivity index (χ4v) is 6.03. The Morgan fingerprint density at radius 1 is 1.21 bits per heavy atom. The summed E-state index contributed by atoms with van der Waals surface area (Å²) in [7, 11) is 1.64. The smallest absolute Gasteiger partial charge is 0.341 e. The van der Waals surface area contributed by atoms with E-state index < -0.39 is 11.7 Å². The summed E-state index contributed by atoms with van der Waals surface area (Å²) in [6, 6.07) is 4.83. The molecule has 3 aromatic rings. The number of carbonyl (C=O) groups excluding carboxylic acids is 1. The maximum Gasteiger partial charge on any atom is 0.416 e. The van der Waals surface area contributed by atoms with Gasteiger partial charge in [-0.1, -0.05) is 12.1 Å². The topological polar surface area (TPSA) is 66.1 Å². The molecule has 33 heavy (non-hydrogen) atoms. The minimum atomic E-state index is -4.37. The van der Waals surface area contributed by atoms with Crippen LogP contribution < -0.4 is 5.56 Å². The number of hydrogen-bond acceptors (Lipinski definition) is 5. The van der Waals surface area contributed by atoms with Crippen LogP contribution >= 0.6 is 23.1 Å². The minimum absolute atomic E-state index is 0.0812. The van der Waals surface area contributed by atoms with E-state index in [9.17, 15) is 22.8 Å². The second-order valence-corrected chi connectivity index (χ2v) is 10.3. The molecular formula is C23H24F3N3O2S2. The van der Waals surface area contributed by atoms with Crippen LogP contribution in [0.4, 0.5) is 13.2 Å². The number of thiophene rings is 1. The lowest BCUT2D eigenvalue weighted by molar-refractivity contribution is -0.137. The van der Waals surface area contributed by atoms with E-state index in [2.05, 4.69) is 9.97 Å². The third-order valence-electron chi connectivity index (χ3n) is 5.70. The number of aromatic nitrogens is 2. The first-order chi connectivity index (χ1) is 15.7. The van der Waals surface area contributed by atoms with Crippen LogP contribution in [0.25, 0.3) is 10.2 Å². The number of rotatable bonds is 7. The van der Waals surface area contributed by atoms with E-state index in [-0.39, 0.29) is 18.0 Å². The Morgan fingerprint density at radius 2 is 1.94 bits per heavy atom. The fraction of sp³-hybridized carbons (Fsp3) is 0.435. The molecule has 1 aromatic carbocycles. The molecule has 0 atom stereocenters. The SMILES string of the molecule is CN(Cc1ccc(C(F)(F)F)cc1)C(=O)CCSCc1nc2sc3c(c2c(=O)[nH]1)CCCC3. The second kappa shape index (κ2) is 9.89. The van der Waals surface area contributed by atoms with Gasteiger partial charge in [0.15, 0.2) is 0 Å². The summed E-state index contributed by atoms with van der Waals surface area (Å²) in [6.07, 6.45) is 0.142. The minimum Gasteiger partial charge on any atom is -0.341 e. The molecule has 1 N–H and O–H groups in total. The first-order valence-corrected chi connectivity index (χ1v) is 12.7. The van der Waals surface area contributed by atoms with E-state index in [4.69, 9.17) is 0 Å². The highest BCUT2D eigenvalue weighted by Gasteiger charge is 2.30. The van der Waals surface area contributed by atoms with Crippen LogP contribution in [0, 0.1) is 0 Å². The lowest BCUT2D eigenvalue weighted by atomic mass is 9.97. The number of thioether (sulfide) groups is 1. The Kier molecular flexibility index (Phi) is 7.13. The molecule has 1 aliphatic carbocycles. The van der Waals surface area contributed by atoms with Crippen LogP contribution in [0.2, 0.25) is 0 Å². The van der Waals surface area contributed by atoms with Gasteiger partial charge in [0.25, 0.3) is 5.56 Å². The lowest BCUT2D eigenvalue weighted by Gasteiger charge is -2.17. The average Bonchev–Trinajstić information content (AvgIpc) is 3.15. The lowest BCUT2D eigenvalue weighted by Crippen LogP contribution is -2.26. The largest absolute Gasteiger partial charge is 0.416 e. The van der Waals surface area contributed by atoms with Gasteiger partial charge in [-0.3, -0.25) is 9.59 Å². The molecule has 5 nitrogen and oxygen atoms in total. The summed E-state index contributed by atoms with van der Waals surface area (Å²) < 4.78 is 38.0. The molecule has 176 valence electrons. The zero-order valence-corrected chi connectivity index (χ0v) is 19.8. The number of benzene rings is 1. The second-order valence-electron chi connectivity index (χ2n) is 8.15. The van der Waals surface area contributed by atoms with E-state index in [1.807, 2.05) is 0 Å². The van der Waals surface area contributed by atoms with Gasteiger partial charge in [-0.15, -0.1) is 11.3 Å². The highest BCUT2D eigenvalue weighted by molar-refractivity contribution is 7.98. The molecule has 2 heterocycles. The van der Waals surface area contributed by atoms with Gasteiger partial charge in [0.1, 0.15) is 10.7 Å². The normalized spacial score (nSPS) is 13.8. The number of H-pyrrole nitrogens is 1. The van der Waals surface area contributed by atoms with Crippen molar-refractivity contribution in [1.82, 2.24) is 14.9 Å². The van der Waals surface area contributed by atoms with Crippen LogP contribution in [0.1, 0.15) is 46.7 Å². The number of amides is 1. The third-order valence-corrected chi connectivity index (χ3v) is 7.86. The van der Waals surface area contributed by atoms with Gasteiger partial charge in [-0.2, -0.15) is 24.9 Å². The number of alkyl halides is 3. The number of nitrogens with zero attached hydrogens (tertiary/aromatic N) is 2. The van der Waals surface area contributed by atoms with Gasteiger partial charge in [-0.25, -0.2) is 4.98 Å². The number of carbonyl (C=O) groups is 1. The van der Waals surface area contributed by atoms with Crippen molar-refractivity contribution in [2.24, 2.45) is 0 Å². The zero-order valence-electron chi connectivity index (χ0n) is 18.1. The third kappa shape index (κ3) is 5.60. The van der Waals surface area contributed by atoms with Gasteiger partial charge in [0, 0.05) is 30.6 Å². The number of hydrogen-bond donors (Lipinski definition) is 1. The monoisotopic (exact) mass is 495 g/mol. The summed E-state index contributed by atoms with van der Waals surface area (Å²) >= 11 is 3.13. The Morgan fingerprint density at radius 3 is 2.67 bits per heavy atom. The molecule has 1 amide bonds. The first kappa shape index (κ1) is 23.8. The number of halogens is 3. The van der Waals surface area contributed by atoms with E-state index in [1.165, 1.54) is 33.7 Å². The Bertz CT molecular complexity index is 1200. The van der Waals surface area contributed by atoms with Crippen molar-refractivity contribution in [2.75, 3.05) is 12.8 Å². The molecule has 4 rings (SSSR count). The predicted molar refractivity (Wildman–Crippen MR) is 126 cm³/mol. The molecule has 0 spiro atoms. The summed E-state index contributed by atoms with van der Waals surface area (Å²) in [6.45, 7) is 0.246. The zero-order chi connectivity index (χ0) is 23.6. The van der Waals surface area contributed by atoms with Crippen molar-refractivity contribution in [2.45, 2.75) is 50.6 Å². The molecule has 2 aromatic heterocycles. The van der Waals surface area contributed by atoms with Crippen molar-refractivity contribution in [3.05, 3.63) is 62.0 Å². The molecule has 0 aliphatic heterocycles. The molecule has 0 saturated carbocycles. The van der Waals surface area contributed by atoms with Crippen LogP contribution in [-0.2, 0) is 36.1 Å². The molecule has 0 unspecified atom stereocenters. The van der Waals surface area contributed by atoms with Crippen molar-refractivity contribution in [1.29, 1.82) is 0 Å². The Balaban J connectivity index is 1.27. The molecule has 0 saturated heterocycles. The maximum atomic E-state index is 12.7.